The number of thioether (sulfide) groups is 1. The molecule has 43 heavy (non-hydrogen) atoms. The van der Waals surface area contributed by atoms with E-state index < -0.39 is 52.7 Å². The molecule has 2 aliphatic heterocycles. The van der Waals surface area contributed by atoms with Crippen molar-refractivity contribution in [3.63, 3.8) is 0 Å². The van der Waals surface area contributed by atoms with Gasteiger partial charge in [-0.3, -0.25) is 14.5 Å². The zero-order chi connectivity index (χ0) is 31.1. The number of hydroxylamine groups is 1. The highest BCUT2D eigenvalue weighted by molar-refractivity contribution is 8.00. The van der Waals surface area contributed by atoms with Gasteiger partial charge in [-0.05, 0) is 45.6 Å². The van der Waals surface area contributed by atoms with Crippen LogP contribution in [-0.4, -0.2) is 101 Å². The van der Waals surface area contributed by atoms with Gasteiger partial charge >= 0.3 is 17.9 Å². The van der Waals surface area contributed by atoms with Crippen LogP contribution >= 0.6 is 46.9 Å². The molecule has 1 aromatic carbocycles. The van der Waals surface area contributed by atoms with Gasteiger partial charge < -0.3 is 24.8 Å². The third-order valence-electron chi connectivity index (χ3n) is 5.87. The van der Waals surface area contributed by atoms with E-state index in [4.69, 9.17) is 32.8 Å². The third kappa shape index (κ3) is 7.13. The number of hydrogen-bond acceptors (Lipinski definition) is 15. The second-order valence-corrected chi connectivity index (χ2v) is 11.2. The van der Waals surface area contributed by atoms with Gasteiger partial charge in [0.2, 0.25) is 5.91 Å². The van der Waals surface area contributed by atoms with Crippen LogP contribution in [0.25, 0.3) is 0 Å². The van der Waals surface area contributed by atoms with E-state index in [1.165, 1.54) is 53.6 Å². The number of aliphatic carboxylic acids is 1. The minimum absolute atomic E-state index is 0.199. The molecule has 4 N–H and O–H groups in total. The second kappa shape index (κ2) is 14.2. The van der Waals surface area contributed by atoms with Crippen molar-refractivity contribution < 1.29 is 43.5 Å². The average Bonchev–Trinajstić information content (AvgIpc) is 3.54. The fourth-order valence-corrected chi connectivity index (χ4v) is 6.42. The summed E-state index contributed by atoms with van der Waals surface area (Å²) in [6, 6.07) is 5.95. The van der Waals surface area contributed by atoms with Crippen LogP contribution in [0.3, 0.4) is 0 Å². The molecule has 2 aromatic rings. The Morgan fingerprint density at radius 1 is 1.26 bits per heavy atom. The number of hydrogen-bond donors (Lipinski definition) is 4. The number of carboxylic acids is 1. The first-order chi connectivity index (χ1) is 20.6. The smallest absolute Gasteiger partial charge is 0.352 e. The van der Waals surface area contributed by atoms with Gasteiger partial charge in [0.25, 0.3) is 11.6 Å². The summed E-state index contributed by atoms with van der Waals surface area (Å²) in [4.78, 5) is 72.0. The molecule has 1 fully saturated rings. The first kappa shape index (κ1) is 32.3. The predicted octanol–water partition coefficient (Wildman–Crippen LogP) is 0.0189. The van der Waals surface area contributed by atoms with Crippen molar-refractivity contribution in [1.29, 1.82) is 0 Å². The largest absolute Gasteiger partial charge is 0.477 e. The summed E-state index contributed by atoms with van der Waals surface area (Å²) in [7, 11) is 1.21. The lowest BCUT2D eigenvalue weighted by molar-refractivity contribution is -0.192. The lowest BCUT2D eigenvalue weighted by Gasteiger charge is -2.55. The molecular formula is C22H22Cl2N8O9S2. The maximum absolute atomic E-state index is 13.2. The van der Waals surface area contributed by atoms with Crippen LogP contribution in [0, 0.1) is 0 Å². The lowest BCUT2D eigenvalue weighted by Crippen LogP contribution is -2.81. The number of halogens is 2. The average molecular weight is 678 g/mol. The lowest BCUT2D eigenvalue weighted by atomic mass is 9.98. The standard InChI is InChI=1S/C22H22Cl2N8O9S2/c1-39-22(20(38)32-17(18(35)36)12(8-42-21(22)32)9-43-31-10-25-29-30-31)27-14(33)7-26-41-19(37)16(24)11-2-4-13(5-3-11)28-40-15(34)6-23/h2-5,10,16,21,26,28H,6-9H2,1H3,(H,27,33)(H,35,36)/t16?,21-,22?/m1/s1. The Labute approximate surface area is 260 Å². The molecule has 1 saturated heterocycles. The quantitative estimate of drug-likeness (QED) is 0.0897. The number of nitrogens with one attached hydrogen (secondary N) is 3. The Morgan fingerprint density at radius 3 is 2.63 bits per heavy atom. The molecule has 2 unspecified atom stereocenters. The minimum Gasteiger partial charge on any atom is -0.477 e. The molecule has 1 aromatic heterocycles. The molecule has 0 spiro atoms. The normalized spacial score (nSPS) is 20.0. The van der Waals surface area contributed by atoms with Crippen molar-refractivity contribution in [1.82, 2.24) is 35.3 Å². The first-order valence-electron chi connectivity index (χ1n) is 11.9. The van der Waals surface area contributed by atoms with Crippen molar-refractivity contribution >= 4 is 82.3 Å². The van der Waals surface area contributed by atoms with Crippen LogP contribution in [0.15, 0.2) is 41.9 Å². The van der Waals surface area contributed by atoms with E-state index >= 15 is 0 Å². The summed E-state index contributed by atoms with van der Waals surface area (Å²) < 4.78 is 6.74. The zero-order valence-corrected chi connectivity index (χ0v) is 25.0. The molecule has 3 heterocycles. The van der Waals surface area contributed by atoms with E-state index in [2.05, 4.69) is 36.6 Å². The molecule has 2 amide bonds. The Kier molecular flexibility index (Phi) is 10.7. The number of carbonyl (C=O) groups is 5. The molecule has 0 aliphatic carbocycles. The zero-order valence-electron chi connectivity index (χ0n) is 21.9. The Balaban J connectivity index is 1.29. The molecular weight excluding hydrogens is 655 g/mol. The summed E-state index contributed by atoms with van der Waals surface area (Å²) in [6.45, 7) is -0.574. The Hall–Kier alpha value is -3.62. The molecule has 0 radical (unpaired) electrons. The molecule has 0 bridgehead atoms. The highest BCUT2D eigenvalue weighted by Gasteiger charge is 2.66. The summed E-state index contributed by atoms with van der Waals surface area (Å²) in [5.74, 6) is -4.39. The van der Waals surface area contributed by atoms with Gasteiger partial charge in [-0.1, -0.05) is 12.1 Å². The van der Waals surface area contributed by atoms with E-state index in [9.17, 15) is 29.1 Å². The number of methoxy groups -OCH3 is 1. The summed E-state index contributed by atoms with van der Waals surface area (Å²) in [5, 5.41) is 20.9. The van der Waals surface area contributed by atoms with Gasteiger partial charge in [0.05, 0.1) is 5.69 Å². The van der Waals surface area contributed by atoms with Gasteiger partial charge in [0.15, 0.2) is 11.7 Å². The molecule has 0 saturated carbocycles. The number of nitrogens with zero attached hydrogens (tertiary/aromatic N) is 5. The van der Waals surface area contributed by atoms with Gasteiger partial charge in [0.1, 0.15) is 23.5 Å². The molecule has 17 nitrogen and oxygen atoms in total. The van der Waals surface area contributed by atoms with Crippen molar-refractivity contribution in [2.24, 2.45) is 0 Å². The van der Waals surface area contributed by atoms with Gasteiger partial charge in [-0.15, -0.1) is 45.5 Å². The number of rotatable bonds is 14. The van der Waals surface area contributed by atoms with Crippen LogP contribution in [0.5, 0.6) is 0 Å². The Morgan fingerprint density at radius 2 is 2.00 bits per heavy atom. The van der Waals surface area contributed by atoms with E-state index in [-0.39, 0.29) is 23.1 Å². The van der Waals surface area contributed by atoms with Crippen LogP contribution in [-0.2, 0) is 38.4 Å². The van der Waals surface area contributed by atoms with E-state index in [0.29, 0.717) is 16.8 Å². The van der Waals surface area contributed by atoms with Gasteiger partial charge in [-0.25, -0.2) is 19.9 Å². The maximum Gasteiger partial charge on any atom is 0.352 e. The number of fused-ring (bicyclic) bond motifs is 1. The molecule has 4 rings (SSSR count). The Bertz CT molecular complexity index is 1420. The number of amides is 2. The predicted molar refractivity (Wildman–Crippen MR) is 151 cm³/mol. The number of tetrazole rings is 1. The van der Waals surface area contributed by atoms with E-state index in [1.54, 1.807) is 0 Å². The van der Waals surface area contributed by atoms with Crippen molar-refractivity contribution in [2.45, 2.75) is 16.5 Å². The third-order valence-corrected chi connectivity index (χ3v) is 8.80. The second-order valence-electron chi connectivity index (χ2n) is 8.51. The number of anilines is 1. The number of carbonyl (C=O) groups excluding carboxylic acids is 4. The number of β-lactam (4-membered cyclic amide) rings is 1. The fourth-order valence-electron chi connectivity index (χ4n) is 3.89. The number of carboxylic acid groups (broad SMARTS) is 1. The van der Waals surface area contributed by atoms with Crippen LogP contribution < -0.4 is 16.3 Å². The molecule has 21 heteroatoms. The van der Waals surface area contributed by atoms with E-state index in [0.717, 1.165) is 16.8 Å². The van der Waals surface area contributed by atoms with Crippen LogP contribution in [0.1, 0.15) is 10.9 Å². The summed E-state index contributed by atoms with van der Waals surface area (Å²) in [6.07, 6.45) is 1.35. The van der Waals surface area contributed by atoms with E-state index in [1.807, 2.05) is 0 Å². The first-order valence-corrected chi connectivity index (χ1v) is 14.9. The SMILES string of the molecule is COC1(NC(=O)CNOC(=O)C(Cl)c2ccc(NOC(=O)CCl)cc2)C(=O)N2C(C(=O)O)=C(CSn3cnnn3)CS[C@@H]21. The number of ether oxygens (including phenoxy) is 1. The van der Waals surface area contributed by atoms with Crippen LogP contribution in [0.4, 0.5) is 5.69 Å². The molecule has 2 aliphatic rings. The van der Waals surface area contributed by atoms with Crippen molar-refractivity contribution in [3.8, 4) is 0 Å². The van der Waals surface area contributed by atoms with Gasteiger partial charge in [-0.2, -0.15) is 4.09 Å². The summed E-state index contributed by atoms with van der Waals surface area (Å²) in [5.41, 5.74) is 3.72. The number of benzene rings is 1. The number of aromatic nitrogens is 4. The summed E-state index contributed by atoms with van der Waals surface area (Å²) >= 11 is 13.8. The minimum atomic E-state index is -1.84. The maximum atomic E-state index is 13.2. The molecule has 230 valence electrons. The monoisotopic (exact) mass is 676 g/mol. The van der Waals surface area contributed by atoms with Crippen molar-refractivity contribution in [3.05, 3.63) is 47.4 Å². The highest BCUT2D eigenvalue weighted by atomic mass is 35.5. The number of alkyl halides is 2. The van der Waals surface area contributed by atoms with Gasteiger partial charge in [0, 0.05) is 18.6 Å². The highest BCUT2D eigenvalue weighted by Crippen LogP contribution is 2.47. The molecule has 3 atom stereocenters. The van der Waals surface area contributed by atoms with Crippen LogP contribution in [0.2, 0.25) is 0 Å². The topological polar surface area (TPSA) is 216 Å². The fraction of sp³-hybridized carbons (Fsp3) is 0.364. The van der Waals surface area contributed by atoms with Crippen molar-refractivity contribution in [2.75, 3.05) is 36.5 Å².